The first-order chi connectivity index (χ1) is 11.2. The summed E-state index contributed by atoms with van der Waals surface area (Å²) in [5.41, 5.74) is 1.98. The molecule has 2 aromatic rings. The minimum absolute atomic E-state index is 0.0879. The van der Waals surface area contributed by atoms with E-state index in [1.165, 1.54) is 5.56 Å². The first kappa shape index (κ1) is 16.2. The van der Waals surface area contributed by atoms with Crippen LogP contribution in [0.1, 0.15) is 23.0 Å². The smallest absolute Gasteiger partial charge is 0.272 e. The van der Waals surface area contributed by atoms with Crippen molar-refractivity contribution in [1.82, 2.24) is 19.6 Å². The van der Waals surface area contributed by atoms with Crippen molar-refractivity contribution < 1.29 is 4.79 Å². The van der Waals surface area contributed by atoms with Gasteiger partial charge in [-0.15, -0.1) is 0 Å². The summed E-state index contributed by atoms with van der Waals surface area (Å²) in [4.78, 5) is 16.9. The van der Waals surface area contributed by atoms with E-state index in [4.69, 9.17) is 0 Å². The van der Waals surface area contributed by atoms with Crippen molar-refractivity contribution in [2.24, 2.45) is 0 Å². The molecule has 1 amide bonds. The maximum atomic E-state index is 12.6. The van der Waals surface area contributed by atoms with Gasteiger partial charge in [-0.25, -0.2) is 0 Å². The van der Waals surface area contributed by atoms with Crippen molar-refractivity contribution in [1.29, 1.82) is 0 Å². The number of carbonyl (C=O) groups excluding carboxylic acids is 1. The molecule has 1 aliphatic rings. The molecule has 122 valence electrons. The molecule has 0 aliphatic carbocycles. The lowest BCUT2D eigenvalue weighted by atomic mass is 10.2. The summed E-state index contributed by atoms with van der Waals surface area (Å²) in [5.74, 6) is 0.0879. The van der Waals surface area contributed by atoms with E-state index >= 15 is 0 Å². The summed E-state index contributed by atoms with van der Waals surface area (Å²) < 4.78 is 2.90. The third kappa shape index (κ3) is 3.64. The minimum atomic E-state index is 0.0879. The Bertz CT molecular complexity index is 677. The SMILES string of the molecule is CCn1nccc1C(=O)N1CCN(Cc2ccccc2Br)CC1. The molecule has 0 spiro atoms. The molecule has 5 nitrogen and oxygen atoms in total. The Morgan fingerprint density at radius 1 is 1.17 bits per heavy atom. The first-order valence-electron chi connectivity index (χ1n) is 7.96. The Labute approximate surface area is 145 Å². The van der Waals surface area contributed by atoms with Gasteiger partial charge in [0.15, 0.2) is 0 Å². The highest BCUT2D eigenvalue weighted by Gasteiger charge is 2.24. The Hall–Kier alpha value is -1.66. The van der Waals surface area contributed by atoms with Crippen LogP contribution in [-0.2, 0) is 13.1 Å². The fourth-order valence-corrected chi connectivity index (χ4v) is 3.32. The molecule has 1 aliphatic heterocycles. The number of nitrogens with zero attached hydrogens (tertiary/aromatic N) is 4. The number of amides is 1. The lowest BCUT2D eigenvalue weighted by Crippen LogP contribution is -2.48. The predicted octanol–water partition coefficient (Wildman–Crippen LogP) is 2.62. The number of rotatable bonds is 4. The summed E-state index contributed by atoms with van der Waals surface area (Å²) in [6.07, 6.45) is 1.69. The number of hydrogen-bond donors (Lipinski definition) is 0. The van der Waals surface area contributed by atoms with Crippen molar-refractivity contribution >= 4 is 21.8 Å². The van der Waals surface area contributed by atoms with Crippen molar-refractivity contribution in [2.75, 3.05) is 26.2 Å². The molecule has 1 saturated heterocycles. The van der Waals surface area contributed by atoms with Crippen LogP contribution in [0.5, 0.6) is 0 Å². The number of carbonyl (C=O) groups is 1. The van der Waals surface area contributed by atoms with Crippen LogP contribution in [0.2, 0.25) is 0 Å². The summed E-state index contributed by atoms with van der Waals surface area (Å²) in [7, 11) is 0. The highest BCUT2D eigenvalue weighted by Crippen LogP contribution is 2.19. The van der Waals surface area contributed by atoms with Gasteiger partial charge in [0.05, 0.1) is 0 Å². The molecule has 1 aromatic heterocycles. The standard InChI is InChI=1S/C17H21BrN4O/c1-2-22-16(7-8-19-22)17(23)21-11-9-20(10-12-21)13-14-5-3-4-6-15(14)18/h3-8H,2,9-13H2,1H3. The Balaban J connectivity index is 1.58. The lowest BCUT2D eigenvalue weighted by Gasteiger charge is -2.34. The van der Waals surface area contributed by atoms with Crippen LogP contribution < -0.4 is 0 Å². The number of hydrogen-bond acceptors (Lipinski definition) is 3. The van der Waals surface area contributed by atoms with Gasteiger partial charge in [0.1, 0.15) is 5.69 Å². The van der Waals surface area contributed by atoms with Crippen LogP contribution in [-0.4, -0.2) is 51.7 Å². The molecule has 0 saturated carbocycles. The van der Waals surface area contributed by atoms with Crippen LogP contribution in [0.25, 0.3) is 0 Å². The van der Waals surface area contributed by atoms with Gasteiger partial charge >= 0.3 is 0 Å². The molecular formula is C17H21BrN4O. The molecule has 0 radical (unpaired) electrons. The second-order valence-electron chi connectivity index (χ2n) is 5.69. The van der Waals surface area contributed by atoms with Gasteiger partial charge < -0.3 is 4.90 Å². The van der Waals surface area contributed by atoms with Gasteiger partial charge in [-0.05, 0) is 24.6 Å². The first-order valence-corrected chi connectivity index (χ1v) is 8.75. The van der Waals surface area contributed by atoms with Crippen LogP contribution in [0.4, 0.5) is 0 Å². The Morgan fingerprint density at radius 3 is 2.61 bits per heavy atom. The van der Waals surface area contributed by atoms with E-state index < -0.39 is 0 Å². The van der Waals surface area contributed by atoms with Crippen LogP contribution in [0, 0.1) is 0 Å². The highest BCUT2D eigenvalue weighted by molar-refractivity contribution is 9.10. The maximum absolute atomic E-state index is 12.6. The molecule has 0 bridgehead atoms. The average molecular weight is 377 g/mol. The molecule has 3 rings (SSSR count). The zero-order valence-electron chi connectivity index (χ0n) is 13.3. The highest BCUT2D eigenvalue weighted by atomic mass is 79.9. The van der Waals surface area contributed by atoms with Gasteiger partial charge in [0, 0.05) is 49.9 Å². The normalized spacial score (nSPS) is 15.8. The molecule has 0 unspecified atom stereocenters. The number of aromatic nitrogens is 2. The van der Waals surface area contributed by atoms with Crippen molar-refractivity contribution in [3.63, 3.8) is 0 Å². The lowest BCUT2D eigenvalue weighted by molar-refractivity contribution is 0.0616. The van der Waals surface area contributed by atoms with E-state index in [2.05, 4.69) is 44.1 Å². The summed E-state index contributed by atoms with van der Waals surface area (Å²) in [5, 5.41) is 4.18. The molecular weight excluding hydrogens is 356 g/mol. The van der Waals surface area contributed by atoms with E-state index in [1.807, 2.05) is 17.9 Å². The third-order valence-corrected chi connectivity index (χ3v) is 5.02. The largest absolute Gasteiger partial charge is 0.335 e. The topological polar surface area (TPSA) is 41.4 Å². The molecule has 0 N–H and O–H groups in total. The molecule has 2 heterocycles. The fraction of sp³-hybridized carbons (Fsp3) is 0.412. The molecule has 1 aromatic carbocycles. The Morgan fingerprint density at radius 2 is 1.91 bits per heavy atom. The third-order valence-electron chi connectivity index (χ3n) is 4.25. The van der Waals surface area contributed by atoms with Crippen LogP contribution >= 0.6 is 15.9 Å². The average Bonchev–Trinajstić information content (AvgIpc) is 3.05. The van der Waals surface area contributed by atoms with Gasteiger partial charge in [-0.3, -0.25) is 14.4 Å². The van der Waals surface area contributed by atoms with Crippen molar-refractivity contribution in [3.8, 4) is 0 Å². The monoisotopic (exact) mass is 376 g/mol. The second kappa shape index (κ2) is 7.27. The number of benzene rings is 1. The van der Waals surface area contributed by atoms with E-state index in [1.54, 1.807) is 16.9 Å². The fourth-order valence-electron chi connectivity index (χ4n) is 2.90. The van der Waals surface area contributed by atoms with Gasteiger partial charge in [0.25, 0.3) is 5.91 Å². The number of piperazine rings is 1. The summed E-state index contributed by atoms with van der Waals surface area (Å²) in [6.45, 7) is 6.95. The molecule has 1 fully saturated rings. The van der Waals surface area contributed by atoms with E-state index in [-0.39, 0.29) is 5.91 Å². The quantitative estimate of drug-likeness (QED) is 0.823. The molecule has 23 heavy (non-hydrogen) atoms. The second-order valence-corrected chi connectivity index (χ2v) is 6.55. The predicted molar refractivity (Wildman–Crippen MR) is 93.2 cm³/mol. The van der Waals surface area contributed by atoms with Crippen molar-refractivity contribution in [2.45, 2.75) is 20.0 Å². The number of aryl methyl sites for hydroxylation is 1. The molecule has 6 heteroatoms. The minimum Gasteiger partial charge on any atom is -0.335 e. The van der Waals surface area contributed by atoms with Gasteiger partial charge in [-0.1, -0.05) is 34.1 Å². The van der Waals surface area contributed by atoms with Crippen LogP contribution in [0.15, 0.2) is 41.0 Å². The van der Waals surface area contributed by atoms with Gasteiger partial charge in [-0.2, -0.15) is 5.10 Å². The molecule has 0 atom stereocenters. The summed E-state index contributed by atoms with van der Waals surface area (Å²) in [6, 6.07) is 10.1. The zero-order valence-corrected chi connectivity index (χ0v) is 14.9. The maximum Gasteiger partial charge on any atom is 0.272 e. The van der Waals surface area contributed by atoms with E-state index in [9.17, 15) is 4.79 Å². The number of halogens is 1. The van der Waals surface area contributed by atoms with E-state index in [0.717, 1.165) is 43.7 Å². The van der Waals surface area contributed by atoms with Crippen LogP contribution in [0.3, 0.4) is 0 Å². The summed E-state index contributed by atoms with van der Waals surface area (Å²) >= 11 is 3.60. The van der Waals surface area contributed by atoms with Crippen molar-refractivity contribution in [3.05, 3.63) is 52.3 Å². The van der Waals surface area contributed by atoms with E-state index in [0.29, 0.717) is 5.69 Å². The Kier molecular flexibility index (Phi) is 5.13. The van der Waals surface area contributed by atoms with Gasteiger partial charge in [0.2, 0.25) is 0 Å². The zero-order chi connectivity index (χ0) is 16.2.